The lowest BCUT2D eigenvalue weighted by atomic mass is 10.1. The maximum atomic E-state index is 5.95. The van der Waals surface area contributed by atoms with Gasteiger partial charge in [-0.05, 0) is 60.9 Å². The standard InChI is InChI=1S/C28H32N6O2.3ClH/c1-17-27(29)32-23-12-21(8-10-25(23)35-17)15-31-14-19-4-6-20(7-5-19)16-34(3)22-9-11-26-24(13-22)33-28(30)18(2)36-26;;;/h4-13,17-18,31H,14-16H2,1-3H3,(H2,29,32)(H2,30,33);3*1H. The van der Waals surface area contributed by atoms with Crippen LogP contribution in [0.1, 0.15) is 30.5 Å². The highest BCUT2D eigenvalue weighted by Crippen LogP contribution is 2.36. The average Bonchev–Trinajstić information content (AvgIpc) is 2.86. The lowest BCUT2D eigenvalue weighted by molar-refractivity contribution is 0.281. The van der Waals surface area contributed by atoms with E-state index in [1.54, 1.807) is 0 Å². The van der Waals surface area contributed by atoms with Crippen LogP contribution in [0.2, 0.25) is 0 Å². The zero-order valence-corrected chi connectivity index (χ0v) is 24.5. The molecule has 5 rings (SSSR count). The number of hydrogen-bond acceptors (Lipinski definition) is 8. The van der Waals surface area contributed by atoms with E-state index in [0.717, 1.165) is 53.8 Å². The summed E-state index contributed by atoms with van der Waals surface area (Å²) in [6, 6.07) is 20.7. The number of nitrogens with two attached hydrogens (primary N) is 2. The molecule has 0 amide bonds. The normalized spacial score (nSPS) is 16.8. The summed E-state index contributed by atoms with van der Waals surface area (Å²) in [5.74, 6) is 2.55. The Morgan fingerprint density at radius 1 is 0.718 bits per heavy atom. The Balaban J connectivity index is 0.00000178. The van der Waals surface area contributed by atoms with Gasteiger partial charge in [-0.3, -0.25) is 0 Å². The van der Waals surface area contributed by atoms with E-state index < -0.39 is 0 Å². The first kappa shape index (κ1) is 32.0. The fourth-order valence-corrected chi connectivity index (χ4v) is 4.23. The van der Waals surface area contributed by atoms with Crippen LogP contribution < -0.4 is 31.2 Å². The van der Waals surface area contributed by atoms with Crippen molar-refractivity contribution in [1.82, 2.24) is 5.32 Å². The van der Waals surface area contributed by atoms with Crippen LogP contribution >= 0.6 is 37.2 Å². The topological polar surface area (TPSA) is 110 Å². The van der Waals surface area contributed by atoms with Gasteiger partial charge in [0.25, 0.3) is 0 Å². The minimum absolute atomic E-state index is 0. The molecule has 0 saturated heterocycles. The van der Waals surface area contributed by atoms with Crippen molar-refractivity contribution < 1.29 is 9.47 Å². The fraction of sp³-hybridized carbons (Fsp3) is 0.286. The van der Waals surface area contributed by atoms with Crippen LogP contribution in [0.4, 0.5) is 17.1 Å². The number of hydrogen-bond donors (Lipinski definition) is 3. The molecule has 0 saturated carbocycles. The zero-order valence-electron chi connectivity index (χ0n) is 22.1. The number of aliphatic imine (C=N–C) groups is 2. The molecule has 3 aromatic carbocycles. The molecule has 8 nitrogen and oxygen atoms in total. The van der Waals surface area contributed by atoms with Crippen LogP contribution in [0.25, 0.3) is 0 Å². The van der Waals surface area contributed by atoms with Crippen molar-refractivity contribution in [2.75, 3.05) is 11.9 Å². The Morgan fingerprint density at radius 2 is 1.21 bits per heavy atom. The van der Waals surface area contributed by atoms with Gasteiger partial charge in [-0.15, -0.1) is 37.2 Å². The van der Waals surface area contributed by atoms with Gasteiger partial charge in [-0.25, -0.2) is 9.98 Å². The molecule has 2 aliphatic rings. The number of anilines is 1. The highest BCUT2D eigenvalue weighted by Gasteiger charge is 2.19. The van der Waals surface area contributed by atoms with Crippen LogP contribution in [-0.2, 0) is 19.6 Å². The van der Waals surface area contributed by atoms with Gasteiger partial charge in [0.1, 0.15) is 34.5 Å². The molecule has 2 aliphatic heterocycles. The van der Waals surface area contributed by atoms with Crippen molar-refractivity contribution in [2.45, 2.75) is 45.7 Å². The molecule has 0 radical (unpaired) electrons. The van der Waals surface area contributed by atoms with Gasteiger partial charge in [0, 0.05) is 32.4 Å². The van der Waals surface area contributed by atoms with Gasteiger partial charge in [0.2, 0.25) is 0 Å². The number of nitrogens with zero attached hydrogens (tertiary/aromatic N) is 3. The monoisotopic (exact) mass is 592 g/mol. The summed E-state index contributed by atoms with van der Waals surface area (Å²) in [4.78, 5) is 11.1. The summed E-state index contributed by atoms with van der Waals surface area (Å²) < 4.78 is 11.6. The smallest absolute Gasteiger partial charge is 0.153 e. The number of benzene rings is 3. The fourth-order valence-electron chi connectivity index (χ4n) is 4.23. The maximum absolute atomic E-state index is 5.95. The van der Waals surface area contributed by atoms with E-state index in [1.807, 2.05) is 44.2 Å². The van der Waals surface area contributed by atoms with Crippen LogP contribution in [0.5, 0.6) is 11.5 Å². The second-order valence-electron chi connectivity index (χ2n) is 9.32. The van der Waals surface area contributed by atoms with Gasteiger partial charge in [0.05, 0.1) is 0 Å². The molecule has 210 valence electrons. The minimum Gasteiger partial charge on any atom is -0.481 e. The Hall–Kier alpha value is -3.17. The summed E-state index contributed by atoms with van der Waals surface area (Å²) in [6.45, 7) is 6.08. The first-order valence-electron chi connectivity index (χ1n) is 12.1. The van der Waals surface area contributed by atoms with Crippen LogP contribution in [0.15, 0.2) is 70.6 Å². The summed E-state index contributed by atoms with van der Waals surface area (Å²) in [7, 11) is 2.07. The molecule has 11 heteroatoms. The molecule has 5 N–H and O–H groups in total. The number of amidine groups is 2. The van der Waals surface area contributed by atoms with Crippen molar-refractivity contribution in [2.24, 2.45) is 21.5 Å². The average molecular weight is 594 g/mol. The Labute approximate surface area is 248 Å². The van der Waals surface area contributed by atoms with Gasteiger partial charge in [-0.2, -0.15) is 0 Å². The third-order valence-corrected chi connectivity index (χ3v) is 6.45. The highest BCUT2D eigenvalue weighted by atomic mass is 35.5. The van der Waals surface area contributed by atoms with Gasteiger partial charge in [-0.1, -0.05) is 30.3 Å². The number of nitrogens with one attached hydrogen (secondary N) is 1. The summed E-state index contributed by atoms with van der Waals surface area (Å²) in [5.41, 5.74) is 18.1. The van der Waals surface area contributed by atoms with E-state index >= 15 is 0 Å². The molecular formula is C28H35Cl3N6O2. The van der Waals surface area contributed by atoms with Crippen molar-refractivity contribution >= 4 is 66.0 Å². The van der Waals surface area contributed by atoms with E-state index in [2.05, 4.69) is 57.6 Å². The molecule has 2 heterocycles. The SMILES string of the molecule is CC1Oc2ccc(CNCc3ccc(CN(C)c4ccc5c(c4)N=C(N)C(C)O5)cc3)cc2N=C1N.Cl.Cl.Cl. The number of halogens is 3. The van der Waals surface area contributed by atoms with E-state index in [1.165, 1.54) is 11.1 Å². The summed E-state index contributed by atoms with van der Waals surface area (Å²) >= 11 is 0. The van der Waals surface area contributed by atoms with Gasteiger partial charge in [0.15, 0.2) is 12.2 Å². The molecule has 0 aromatic heterocycles. The maximum Gasteiger partial charge on any atom is 0.153 e. The Morgan fingerprint density at radius 3 is 1.82 bits per heavy atom. The number of ether oxygens (including phenoxy) is 2. The first-order chi connectivity index (χ1) is 17.4. The molecule has 0 fully saturated rings. The lowest BCUT2D eigenvalue weighted by Crippen LogP contribution is -2.33. The molecule has 2 unspecified atom stereocenters. The summed E-state index contributed by atoms with van der Waals surface area (Å²) in [6.07, 6.45) is -0.381. The van der Waals surface area contributed by atoms with Crippen molar-refractivity contribution in [3.63, 3.8) is 0 Å². The van der Waals surface area contributed by atoms with Gasteiger partial charge < -0.3 is 31.2 Å². The Kier molecular flexibility index (Phi) is 11.3. The van der Waals surface area contributed by atoms with Gasteiger partial charge >= 0.3 is 0 Å². The number of fused-ring (bicyclic) bond motifs is 2. The molecule has 0 aliphatic carbocycles. The largest absolute Gasteiger partial charge is 0.481 e. The third-order valence-electron chi connectivity index (χ3n) is 6.45. The van der Waals surface area contributed by atoms with E-state index in [4.69, 9.17) is 20.9 Å². The third kappa shape index (κ3) is 7.48. The van der Waals surface area contributed by atoms with E-state index in [-0.39, 0.29) is 49.4 Å². The lowest BCUT2D eigenvalue weighted by Gasteiger charge is -2.24. The molecule has 2 atom stereocenters. The second kappa shape index (κ2) is 13.8. The van der Waals surface area contributed by atoms with Crippen LogP contribution in [-0.4, -0.2) is 30.9 Å². The minimum atomic E-state index is -0.195. The van der Waals surface area contributed by atoms with E-state index in [9.17, 15) is 0 Å². The second-order valence-corrected chi connectivity index (χ2v) is 9.32. The number of rotatable bonds is 7. The highest BCUT2D eigenvalue weighted by molar-refractivity contribution is 5.90. The van der Waals surface area contributed by atoms with Crippen molar-refractivity contribution in [3.05, 3.63) is 77.4 Å². The van der Waals surface area contributed by atoms with Crippen LogP contribution in [0.3, 0.4) is 0 Å². The molecule has 0 spiro atoms. The predicted octanol–water partition coefficient (Wildman–Crippen LogP) is 5.42. The van der Waals surface area contributed by atoms with Crippen molar-refractivity contribution in [1.29, 1.82) is 0 Å². The van der Waals surface area contributed by atoms with Crippen molar-refractivity contribution in [3.8, 4) is 11.5 Å². The molecule has 3 aromatic rings. The zero-order chi connectivity index (χ0) is 25.2. The quantitative estimate of drug-likeness (QED) is 0.338. The predicted molar refractivity (Wildman–Crippen MR) is 166 cm³/mol. The molecule has 39 heavy (non-hydrogen) atoms. The summed E-state index contributed by atoms with van der Waals surface area (Å²) in [5, 5.41) is 3.50. The van der Waals surface area contributed by atoms with E-state index in [0.29, 0.717) is 11.7 Å². The Bertz CT molecular complexity index is 1330. The first-order valence-corrected chi connectivity index (χ1v) is 12.1. The molecule has 0 bridgehead atoms. The van der Waals surface area contributed by atoms with Crippen LogP contribution in [0, 0.1) is 0 Å². The molecular weight excluding hydrogens is 559 g/mol.